The maximum Gasteiger partial charge on any atom is 0.273 e. The number of amides is 2. The van der Waals surface area contributed by atoms with Crippen LogP contribution in [0.4, 0.5) is 5.69 Å². The van der Waals surface area contributed by atoms with E-state index in [9.17, 15) is 19.5 Å². The number of fused-ring (bicyclic) bond motifs is 4. The summed E-state index contributed by atoms with van der Waals surface area (Å²) in [7, 11) is 0. The number of ether oxygens (including phenoxy) is 1. The van der Waals surface area contributed by atoms with Crippen LogP contribution in [0.15, 0.2) is 46.9 Å². The highest BCUT2D eigenvalue weighted by atomic mass is 16.5. The average molecular weight is 655 g/mol. The van der Waals surface area contributed by atoms with E-state index in [1.165, 1.54) is 19.3 Å². The number of aromatic nitrogens is 1. The third kappa shape index (κ3) is 5.47. The minimum Gasteiger partial charge on any atom is -0.469 e. The number of anilines is 1. The molecule has 1 fully saturated rings. The van der Waals surface area contributed by atoms with E-state index in [4.69, 9.17) is 14.1 Å². The van der Waals surface area contributed by atoms with Crippen LogP contribution in [0.1, 0.15) is 111 Å². The second-order valence-corrected chi connectivity index (χ2v) is 14.8. The third-order valence-corrected chi connectivity index (χ3v) is 10.7. The van der Waals surface area contributed by atoms with Crippen LogP contribution in [0.5, 0.6) is 5.75 Å². The molecule has 10 nitrogen and oxygen atoms in total. The first-order chi connectivity index (χ1) is 23.1. The Morgan fingerprint density at radius 2 is 1.81 bits per heavy atom. The Balaban J connectivity index is 1.39. The molecule has 2 aromatic carbocycles. The van der Waals surface area contributed by atoms with Crippen molar-refractivity contribution in [2.75, 3.05) is 11.9 Å². The van der Waals surface area contributed by atoms with Gasteiger partial charge in [-0.25, -0.2) is 4.98 Å². The fraction of sp³-hybridized carbons (Fsp3) is 0.526. The van der Waals surface area contributed by atoms with Gasteiger partial charge >= 0.3 is 0 Å². The number of ketones is 1. The Kier molecular flexibility index (Phi) is 8.56. The molecule has 10 heteroatoms. The lowest BCUT2D eigenvalue weighted by Crippen LogP contribution is -2.42. The minimum absolute atomic E-state index is 0.118. The molecule has 1 saturated carbocycles. The highest BCUT2D eigenvalue weighted by Crippen LogP contribution is 2.58. The fourth-order valence-corrected chi connectivity index (χ4v) is 8.02. The molecule has 0 saturated heterocycles. The van der Waals surface area contributed by atoms with Crippen LogP contribution in [0.3, 0.4) is 0 Å². The minimum atomic E-state index is -1.16. The number of carbonyl (C=O) groups excluding carboxylic acids is 3. The molecule has 1 aliphatic carbocycles. The van der Waals surface area contributed by atoms with Crippen LogP contribution < -0.4 is 20.7 Å². The summed E-state index contributed by atoms with van der Waals surface area (Å²) in [6, 6.07) is 13.1. The Labute approximate surface area is 281 Å². The highest BCUT2D eigenvalue weighted by molar-refractivity contribution is 5.95. The lowest BCUT2D eigenvalue weighted by atomic mass is 9.72. The first-order valence-electron chi connectivity index (χ1n) is 17.5. The summed E-state index contributed by atoms with van der Waals surface area (Å²) in [5.41, 5.74) is 2.55. The summed E-state index contributed by atoms with van der Waals surface area (Å²) in [5.74, 6) is -0.536. The number of rotatable bonds is 8. The molecule has 4 heterocycles. The van der Waals surface area contributed by atoms with E-state index in [-0.39, 0.29) is 53.9 Å². The Bertz CT molecular complexity index is 1730. The molecule has 3 aromatic rings. The number of benzene rings is 2. The second kappa shape index (κ2) is 12.7. The maximum atomic E-state index is 14.2. The molecule has 2 unspecified atom stereocenters. The van der Waals surface area contributed by atoms with Crippen molar-refractivity contribution in [2.45, 2.75) is 96.4 Å². The van der Waals surface area contributed by atoms with Gasteiger partial charge in [-0.05, 0) is 60.3 Å². The van der Waals surface area contributed by atoms with Crippen LogP contribution in [0.2, 0.25) is 0 Å². The molecule has 254 valence electrons. The molecule has 4 N–H and O–H groups in total. The monoisotopic (exact) mass is 654 g/mol. The highest BCUT2D eigenvalue weighted by Gasteiger charge is 2.61. The van der Waals surface area contributed by atoms with Gasteiger partial charge in [0.1, 0.15) is 23.3 Å². The van der Waals surface area contributed by atoms with E-state index in [0.29, 0.717) is 24.0 Å². The number of para-hydroxylation sites is 1. The number of nitrogens with zero attached hydrogens (tertiary/aromatic N) is 1. The smallest absolute Gasteiger partial charge is 0.273 e. The van der Waals surface area contributed by atoms with Gasteiger partial charge in [0.25, 0.3) is 5.91 Å². The molecular formula is C38H46N4O6. The van der Waals surface area contributed by atoms with Gasteiger partial charge in [-0.1, -0.05) is 77.3 Å². The predicted octanol–water partition coefficient (Wildman–Crippen LogP) is 5.42. The number of aliphatic hydroxyl groups is 1. The van der Waals surface area contributed by atoms with Crippen LogP contribution in [0.25, 0.3) is 0 Å². The van der Waals surface area contributed by atoms with E-state index in [1.807, 2.05) is 56.3 Å². The predicted molar refractivity (Wildman–Crippen MR) is 180 cm³/mol. The molecule has 7 rings (SSSR count). The average Bonchev–Trinajstić information content (AvgIpc) is 3.74. The van der Waals surface area contributed by atoms with E-state index < -0.39 is 29.7 Å². The topological polar surface area (TPSA) is 143 Å². The second-order valence-electron chi connectivity index (χ2n) is 14.8. The molecule has 3 aliphatic heterocycles. The number of hydrogen-bond donors (Lipinski definition) is 4. The number of hydrogen-bond acceptors (Lipinski definition) is 8. The molecule has 4 bridgehead atoms. The van der Waals surface area contributed by atoms with Crippen molar-refractivity contribution in [1.82, 2.24) is 15.6 Å². The largest absolute Gasteiger partial charge is 0.469 e. The van der Waals surface area contributed by atoms with E-state index in [2.05, 4.69) is 16.0 Å². The third-order valence-electron chi connectivity index (χ3n) is 10.7. The molecular weight excluding hydrogens is 608 g/mol. The van der Waals surface area contributed by atoms with Crippen molar-refractivity contribution in [3.8, 4) is 5.75 Å². The Morgan fingerprint density at radius 3 is 2.56 bits per heavy atom. The first kappa shape index (κ1) is 32.4. The van der Waals surface area contributed by atoms with E-state index in [1.54, 1.807) is 13.8 Å². The fourth-order valence-electron chi connectivity index (χ4n) is 8.02. The summed E-state index contributed by atoms with van der Waals surface area (Å²) >= 11 is 0. The molecule has 5 atom stereocenters. The number of aliphatic hydroxyl groups excluding tert-OH is 1. The summed E-state index contributed by atoms with van der Waals surface area (Å²) in [6.07, 6.45) is 4.12. The zero-order valence-electron chi connectivity index (χ0n) is 28.2. The number of oxazole rings is 1. The summed E-state index contributed by atoms with van der Waals surface area (Å²) in [5, 5.41) is 20.4. The van der Waals surface area contributed by atoms with Gasteiger partial charge in [0.05, 0.1) is 0 Å². The van der Waals surface area contributed by atoms with Crippen LogP contribution in [0, 0.1) is 23.7 Å². The summed E-state index contributed by atoms with van der Waals surface area (Å²) in [4.78, 5) is 46.3. The zero-order chi connectivity index (χ0) is 33.7. The Morgan fingerprint density at radius 1 is 1.04 bits per heavy atom. The number of carbonyl (C=O) groups is 3. The lowest BCUT2D eigenvalue weighted by molar-refractivity contribution is -0.135. The Hall–Kier alpha value is -4.18. The molecule has 4 aliphatic rings. The van der Waals surface area contributed by atoms with E-state index >= 15 is 0 Å². The van der Waals surface area contributed by atoms with Gasteiger partial charge in [0.2, 0.25) is 11.8 Å². The van der Waals surface area contributed by atoms with Crippen molar-refractivity contribution in [1.29, 1.82) is 0 Å². The van der Waals surface area contributed by atoms with E-state index in [0.717, 1.165) is 35.2 Å². The molecule has 0 radical (unpaired) electrons. The number of Topliss-reactive ketones (excluding diaryl/α,β-unsaturated/α-hetero) is 1. The molecule has 1 spiro atoms. The van der Waals surface area contributed by atoms with Crippen molar-refractivity contribution < 1.29 is 28.6 Å². The van der Waals surface area contributed by atoms with Crippen LogP contribution in [-0.2, 0) is 21.4 Å². The molecule has 48 heavy (non-hydrogen) atoms. The van der Waals surface area contributed by atoms with Gasteiger partial charge in [-0.3, -0.25) is 14.4 Å². The van der Waals surface area contributed by atoms with Crippen molar-refractivity contribution >= 4 is 23.3 Å². The zero-order valence-corrected chi connectivity index (χ0v) is 28.2. The van der Waals surface area contributed by atoms with Crippen molar-refractivity contribution in [3.05, 3.63) is 76.5 Å². The van der Waals surface area contributed by atoms with Gasteiger partial charge in [0.15, 0.2) is 23.5 Å². The van der Waals surface area contributed by atoms with Gasteiger partial charge < -0.3 is 30.2 Å². The van der Waals surface area contributed by atoms with Crippen molar-refractivity contribution in [2.24, 2.45) is 23.7 Å². The standard InChI is InChI=1S/C38H46N4O6/c1-20(2)30-36-42-31(35(46)39-19-22-10-6-5-7-11-22)33(48-36)38-25-12-8-9-13-27(25)40-37(38)47-29-15-14-23(17-26(29)38)16-24(34(45)41-30)18-28(43)32(44)21(3)4/h8-9,12-15,17,20-22,24,30,32,37,40,44H,5-7,10-11,16,18-19H2,1-4H3,(H,39,46)(H,41,45)/t24?,30-,32-,37-,38?/m0/s1. The SMILES string of the molecule is CC(C)[C@H](O)C(=O)CC1Cc2ccc3c(c2)C2(c4ccccc4N[C@H]2O3)c2oc(nc2C(=O)NCC2CCCCC2)[C@H](C(C)C)NC1=O. The van der Waals surface area contributed by atoms with Crippen LogP contribution in [-0.4, -0.2) is 46.6 Å². The van der Waals surface area contributed by atoms with Gasteiger partial charge in [0, 0.05) is 30.1 Å². The first-order valence-corrected chi connectivity index (χ1v) is 17.5. The van der Waals surface area contributed by atoms with Gasteiger partial charge in [-0.2, -0.15) is 0 Å². The van der Waals surface area contributed by atoms with Crippen LogP contribution >= 0.6 is 0 Å². The molecule has 1 aromatic heterocycles. The summed E-state index contributed by atoms with van der Waals surface area (Å²) in [6.45, 7) is 8.04. The maximum absolute atomic E-state index is 14.2. The quantitative estimate of drug-likeness (QED) is 0.252. The lowest BCUT2D eigenvalue weighted by Gasteiger charge is -2.29. The number of nitrogens with one attached hydrogen (secondary N) is 3. The van der Waals surface area contributed by atoms with Gasteiger partial charge in [-0.15, -0.1) is 0 Å². The molecule has 2 amide bonds. The van der Waals surface area contributed by atoms with Crippen molar-refractivity contribution in [3.63, 3.8) is 0 Å². The summed E-state index contributed by atoms with van der Waals surface area (Å²) < 4.78 is 13.4. The normalized spacial score (nSPS) is 25.2.